The Morgan fingerprint density at radius 2 is 2.18 bits per heavy atom. The molecule has 1 N–H and O–H groups in total. The van der Waals surface area contributed by atoms with Crippen LogP contribution < -0.4 is 5.32 Å². The van der Waals surface area contributed by atoms with Crippen LogP contribution in [0.3, 0.4) is 0 Å². The van der Waals surface area contributed by atoms with Crippen LogP contribution in [0.1, 0.15) is 5.56 Å². The number of hydrogen-bond donors (Lipinski definition) is 1. The smallest absolute Gasteiger partial charge is 0.250 e. The lowest BCUT2D eigenvalue weighted by Crippen LogP contribution is -2.20. The van der Waals surface area contributed by atoms with Crippen LogP contribution in [0.2, 0.25) is 0 Å². The summed E-state index contributed by atoms with van der Waals surface area (Å²) in [7, 11) is 1.55. The first-order valence-corrected chi connectivity index (χ1v) is 5.26. The van der Waals surface area contributed by atoms with Gasteiger partial charge < -0.3 is 14.8 Å². The minimum Gasteiger partial charge on any atom is -0.382 e. The Hall–Kier alpha value is -1.46. The maximum Gasteiger partial charge on any atom is 0.250 e. The summed E-state index contributed by atoms with van der Waals surface area (Å²) in [5, 5.41) is 2.45. The standard InChI is InChI=1S/C12H16FNO3/c1-9-3-4-10(13)11(7-9)14-12(15)8-17-6-5-16-2/h3-4,7H,5-6,8H2,1-2H3,(H,14,15). The van der Waals surface area contributed by atoms with Gasteiger partial charge in [0.15, 0.2) is 0 Å². The third-order valence-corrected chi connectivity index (χ3v) is 2.06. The fourth-order valence-corrected chi connectivity index (χ4v) is 1.23. The number of halogens is 1. The minimum atomic E-state index is -0.458. The number of carbonyl (C=O) groups is 1. The highest BCUT2D eigenvalue weighted by molar-refractivity contribution is 5.91. The molecule has 0 saturated heterocycles. The number of nitrogens with one attached hydrogen (secondary N) is 1. The Labute approximate surface area is 99.7 Å². The van der Waals surface area contributed by atoms with Crippen molar-refractivity contribution in [2.75, 3.05) is 32.2 Å². The molecule has 4 nitrogen and oxygen atoms in total. The second-order valence-corrected chi connectivity index (χ2v) is 3.58. The highest BCUT2D eigenvalue weighted by Gasteiger charge is 2.07. The van der Waals surface area contributed by atoms with Crippen molar-refractivity contribution in [3.63, 3.8) is 0 Å². The zero-order valence-corrected chi connectivity index (χ0v) is 9.96. The fourth-order valence-electron chi connectivity index (χ4n) is 1.23. The average Bonchev–Trinajstić information content (AvgIpc) is 2.29. The molecule has 0 spiro atoms. The maximum atomic E-state index is 13.3. The Morgan fingerprint density at radius 1 is 1.41 bits per heavy atom. The van der Waals surface area contributed by atoms with Gasteiger partial charge in [0.1, 0.15) is 12.4 Å². The number of methoxy groups -OCH3 is 1. The number of anilines is 1. The van der Waals surface area contributed by atoms with Crippen LogP contribution in [0.15, 0.2) is 18.2 Å². The molecule has 0 aliphatic rings. The van der Waals surface area contributed by atoms with Crippen molar-refractivity contribution < 1.29 is 18.7 Å². The highest BCUT2D eigenvalue weighted by Crippen LogP contribution is 2.15. The maximum absolute atomic E-state index is 13.3. The second-order valence-electron chi connectivity index (χ2n) is 3.58. The summed E-state index contributed by atoms with van der Waals surface area (Å²) in [6.07, 6.45) is 0. The summed E-state index contributed by atoms with van der Waals surface area (Å²) in [5.41, 5.74) is 1.05. The summed E-state index contributed by atoms with van der Waals surface area (Å²) in [6.45, 7) is 2.47. The normalized spacial score (nSPS) is 10.3. The predicted molar refractivity (Wildman–Crippen MR) is 62.5 cm³/mol. The first kappa shape index (κ1) is 13.6. The minimum absolute atomic E-state index is 0.114. The van der Waals surface area contributed by atoms with Crippen LogP contribution in [0.25, 0.3) is 0 Å². The van der Waals surface area contributed by atoms with E-state index in [4.69, 9.17) is 9.47 Å². The van der Waals surface area contributed by atoms with Gasteiger partial charge in [-0.2, -0.15) is 0 Å². The van der Waals surface area contributed by atoms with Crippen molar-refractivity contribution in [2.24, 2.45) is 0 Å². The molecular formula is C12H16FNO3. The fraction of sp³-hybridized carbons (Fsp3) is 0.417. The monoisotopic (exact) mass is 241 g/mol. The van der Waals surface area contributed by atoms with E-state index in [1.54, 1.807) is 19.2 Å². The van der Waals surface area contributed by atoms with Gasteiger partial charge >= 0.3 is 0 Å². The first-order chi connectivity index (χ1) is 8.13. The van der Waals surface area contributed by atoms with Crippen LogP contribution >= 0.6 is 0 Å². The van der Waals surface area contributed by atoms with Crippen molar-refractivity contribution >= 4 is 11.6 Å². The molecule has 17 heavy (non-hydrogen) atoms. The van der Waals surface area contributed by atoms with E-state index in [2.05, 4.69) is 5.32 Å². The van der Waals surface area contributed by atoms with Crippen molar-refractivity contribution in [2.45, 2.75) is 6.92 Å². The van der Waals surface area contributed by atoms with Gasteiger partial charge in [0.05, 0.1) is 18.9 Å². The molecule has 0 saturated carbocycles. The van der Waals surface area contributed by atoms with Crippen LogP contribution in [0, 0.1) is 12.7 Å². The largest absolute Gasteiger partial charge is 0.382 e. The van der Waals surface area contributed by atoms with E-state index >= 15 is 0 Å². The molecule has 0 fully saturated rings. The number of aryl methyl sites for hydroxylation is 1. The van der Waals surface area contributed by atoms with Gasteiger partial charge in [-0.25, -0.2) is 4.39 Å². The summed E-state index contributed by atoms with van der Waals surface area (Å²) < 4.78 is 23.1. The summed E-state index contributed by atoms with van der Waals surface area (Å²) in [4.78, 5) is 11.4. The molecule has 0 atom stereocenters. The lowest BCUT2D eigenvalue weighted by atomic mass is 10.2. The molecular weight excluding hydrogens is 225 g/mol. The second kappa shape index (κ2) is 6.98. The van der Waals surface area contributed by atoms with Crippen molar-refractivity contribution in [1.29, 1.82) is 0 Å². The third-order valence-electron chi connectivity index (χ3n) is 2.06. The van der Waals surface area contributed by atoms with Gasteiger partial charge in [-0.15, -0.1) is 0 Å². The van der Waals surface area contributed by atoms with E-state index in [1.165, 1.54) is 6.07 Å². The average molecular weight is 241 g/mol. The van der Waals surface area contributed by atoms with Gasteiger partial charge in [0, 0.05) is 7.11 Å². The van der Waals surface area contributed by atoms with Gasteiger partial charge in [0.2, 0.25) is 5.91 Å². The molecule has 0 heterocycles. The summed E-state index contributed by atoms with van der Waals surface area (Å²) in [5.74, 6) is -0.841. The zero-order valence-electron chi connectivity index (χ0n) is 9.96. The van der Waals surface area contributed by atoms with Crippen molar-refractivity contribution in [1.82, 2.24) is 0 Å². The number of carbonyl (C=O) groups excluding carboxylic acids is 1. The van der Waals surface area contributed by atoms with Gasteiger partial charge in [-0.05, 0) is 24.6 Å². The van der Waals surface area contributed by atoms with Crippen LogP contribution in [-0.2, 0) is 14.3 Å². The van der Waals surface area contributed by atoms with Crippen LogP contribution in [-0.4, -0.2) is 32.8 Å². The van der Waals surface area contributed by atoms with E-state index in [1.807, 2.05) is 6.92 Å². The number of rotatable bonds is 6. The molecule has 94 valence electrons. The highest BCUT2D eigenvalue weighted by atomic mass is 19.1. The number of ether oxygens (including phenoxy) is 2. The number of amides is 1. The van der Waals surface area contributed by atoms with Gasteiger partial charge in [0.25, 0.3) is 0 Å². The van der Waals surface area contributed by atoms with Crippen molar-refractivity contribution in [3.05, 3.63) is 29.6 Å². The molecule has 0 aromatic heterocycles. The summed E-state index contributed by atoms with van der Waals surface area (Å²) >= 11 is 0. The summed E-state index contributed by atoms with van der Waals surface area (Å²) in [6, 6.07) is 4.53. The molecule has 0 unspecified atom stereocenters. The first-order valence-electron chi connectivity index (χ1n) is 5.26. The van der Waals surface area contributed by atoms with Gasteiger partial charge in [-0.1, -0.05) is 6.07 Å². The zero-order chi connectivity index (χ0) is 12.7. The Kier molecular flexibility index (Phi) is 5.59. The van der Waals surface area contributed by atoms with Crippen molar-refractivity contribution in [3.8, 4) is 0 Å². The Bertz CT molecular complexity index is 382. The lowest BCUT2D eigenvalue weighted by Gasteiger charge is -2.07. The van der Waals surface area contributed by atoms with Gasteiger partial charge in [-0.3, -0.25) is 4.79 Å². The topological polar surface area (TPSA) is 47.6 Å². The molecule has 1 amide bonds. The lowest BCUT2D eigenvalue weighted by molar-refractivity contribution is -0.121. The van der Waals surface area contributed by atoms with Crippen LogP contribution in [0.4, 0.5) is 10.1 Å². The Morgan fingerprint density at radius 3 is 2.88 bits per heavy atom. The molecule has 5 heteroatoms. The third kappa shape index (κ3) is 4.93. The van der Waals surface area contributed by atoms with E-state index in [-0.39, 0.29) is 18.2 Å². The molecule has 1 rings (SSSR count). The number of benzene rings is 1. The molecule has 0 aliphatic carbocycles. The molecule has 0 aliphatic heterocycles. The van der Waals surface area contributed by atoms with E-state index in [0.29, 0.717) is 13.2 Å². The quantitative estimate of drug-likeness (QED) is 0.772. The Balaban J connectivity index is 2.42. The van der Waals surface area contributed by atoms with E-state index < -0.39 is 5.82 Å². The van der Waals surface area contributed by atoms with E-state index in [9.17, 15) is 9.18 Å². The molecule has 0 radical (unpaired) electrons. The SMILES string of the molecule is COCCOCC(=O)Nc1cc(C)ccc1F. The molecule has 0 bridgehead atoms. The number of hydrogen-bond acceptors (Lipinski definition) is 3. The van der Waals surface area contributed by atoms with E-state index in [0.717, 1.165) is 5.56 Å². The molecule has 1 aromatic rings. The molecule has 1 aromatic carbocycles. The van der Waals surface area contributed by atoms with Crippen LogP contribution in [0.5, 0.6) is 0 Å². The predicted octanol–water partition coefficient (Wildman–Crippen LogP) is 1.74.